The maximum Gasteiger partial charge on any atom is 0.410 e. The molecule has 140 valence electrons. The van der Waals surface area contributed by atoms with Crippen LogP contribution in [0.2, 0.25) is 0 Å². The predicted octanol–water partition coefficient (Wildman–Crippen LogP) is 3.44. The summed E-state index contributed by atoms with van der Waals surface area (Å²) in [6, 6.07) is 5.71. The van der Waals surface area contributed by atoms with Gasteiger partial charge in [0.05, 0.1) is 4.70 Å². The Morgan fingerprint density at radius 2 is 2.04 bits per heavy atom. The molecule has 0 saturated carbocycles. The van der Waals surface area contributed by atoms with Crippen molar-refractivity contribution in [3.05, 3.63) is 23.9 Å². The molecule has 0 aliphatic carbocycles. The van der Waals surface area contributed by atoms with Crippen molar-refractivity contribution >= 4 is 39.4 Å². The molecule has 1 aliphatic heterocycles. The Kier molecular flexibility index (Phi) is 4.79. The van der Waals surface area contributed by atoms with Gasteiger partial charge in [0.15, 0.2) is 5.69 Å². The molecule has 1 N–H and O–H groups in total. The number of benzene rings is 1. The van der Waals surface area contributed by atoms with Crippen molar-refractivity contribution < 1.29 is 19.4 Å². The molecule has 1 fully saturated rings. The number of rotatable bonds is 2. The van der Waals surface area contributed by atoms with Gasteiger partial charge in [-0.2, -0.15) is 4.37 Å². The average molecular weight is 377 g/mol. The Bertz CT molecular complexity index is 843. The van der Waals surface area contributed by atoms with E-state index in [0.29, 0.717) is 25.0 Å². The number of piperazine rings is 1. The second kappa shape index (κ2) is 6.75. The number of hydrogen-bond acceptors (Lipinski definition) is 6. The number of carbonyl (C=O) groups excluding carboxylic acids is 1. The second-order valence-corrected chi connectivity index (χ2v) is 8.29. The van der Waals surface area contributed by atoms with Gasteiger partial charge in [-0.15, -0.1) is 0 Å². The van der Waals surface area contributed by atoms with Crippen LogP contribution < -0.4 is 4.90 Å². The number of nitrogens with zero attached hydrogens (tertiary/aromatic N) is 3. The number of amides is 1. The number of anilines is 1. The molecule has 26 heavy (non-hydrogen) atoms. The Morgan fingerprint density at radius 1 is 1.31 bits per heavy atom. The smallest absolute Gasteiger partial charge is 0.410 e. The van der Waals surface area contributed by atoms with Gasteiger partial charge in [0.25, 0.3) is 0 Å². The average Bonchev–Trinajstić information content (AvgIpc) is 2.96. The molecule has 0 radical (unpaired) electrons. The van der Waals surface area contributed by atoms with E-state index >= 15 is 0 Å². The minimum atomic E-state index is -1.01. The van der Waals surface area contributed by atoms with Gasteiger partial charge >= 0.3 is 12.1 Å². The van der Waals surface area contributed by atoms with E-state index in [1.54, 1.807) is 4.90 Å². The Labute approximate surface area is 156 Å². The van der Waals surface area contributed by atoms with Crippen molar-refractivity contribution in [1.82, 2.24) is 9.27 Å². The van der Waals surface area contributed by atoms with Crippen LogP contribution in [-0.4, -0.2) is 57.7 Å². The van der Waals surface area contributed by atoms with Crippen LogP contribution in [0, 0.1) is 0 Å². The number of aromatic carboxylic acids is 1. The van der Waals surface area contributed by atoms with E-state index in [9.17, 15) is 14.7 Å². The van der Waals surface area contributed by atoms with Gasteiger partial charge in [-0.3, -0.25) is 0 Å². The number of carboxylic acids is 1. The summed E-state index contributed by atoms with van der Waals surface area (Å²) in [6.45, 7) is 9.56. The third-order valence-electron chi connectivity index (χ3n) is 4.28. The monoisotopic (exact) mass is 377 g/mol. The third-order valence-corrected chi connectivity index (χ3v) is 5.09. The number of aromatic nitrogens is 1. The summed E-state index contributed by atoms with van der Waals surface area (Å²) >= 11 is 1.19. The summed E-state index contributed by atoms with van der Waals surface area (Å²) < 4.78 is 10.3. The summed E-state index contributed by atoms with van der Waals surface area (Å²) in [5, 5.41) is 9.83. The summed E-state index contributed by atoms with van der Waals surface area (Å²) in [4.78, 5) is 27.5. The highest BCUT2D eigenvalue weighted by molar-refractivity contribution is 7.13. The van der Waals surface area contributed by atoms with Crippen LogP contribution in [0.1, 0.15) is 38.2 Å². The fourth-order valence-electron chi connectivity index (χ4n) is 3.06. The molecule has 1 amide bonds. The van der Waals surface area contributed by atoms with Crippen LogP contribution in [0.4, 0.5) is 10.5 Å². The van der Waals surface area contributed by atoms with Gasteiger partial charge in [0.1, 0.15) is 5.60 Å². The quantitative estimate of drug-likeness (QED) is 0.863. The SMILES string of the molecule is CC1CN(c2ccc3c(C(=O)O)nsc3c2)CCN1C(=O)OC(C)(C)C. The first kappa shape index (κ1) is 18.4. The lowest BCUT2D eigenvalue weighted by molar-refractivity contribution is 0.0159. The maximum atomic E-state index is 12.3. The molecule has 7 nitrogen and oxygen atoms in total. The van der Waals surface area contributed by atoms with E-state index in [0.717, 1.165) is 10.4 Å². The van der Waals surface area contributed by atoms with Crippen molar-refractivity contribution in [2.45, 2.75) is 39.3 Å². The van der Waals surface area contributed by atoms with Crippen molar-refractivity contribution in [1.29, 1.82) is 0 Å². The molecule has 1 aliphatic rings. The molecule has 2 heterocycles. The molecule has 3 rings (SSSR count). The second-order valence-electron chi connectivity index (χ2n) is 7.49. The topological polar surface area (TPSA) is 83.0 Å². The number of fused-ring (bicyclic) bond motifs is 1. The molecule has 1 aromatic carbocycles. The Balaban J connectivity index is 1.73. The minimum absolute atomic E-state index is 0.0188. The van der Waals surface area contributed by atoms with E-state index < -0.39 is 11.6 Å². The Hall–Kier alpha value is -2.35. The maximum absolute atomic E-state index is 12.3. The number of carbonyl (C=O) groups is 2. The van der Waals surface area contributed by atoms with Gasteiger partial charge in [0.2, 0.25) is 0 Å². The molecular formula is C18H23N3O4S. The third kappa shape index (κ3) is 3.75. The Morgan fingerprint density at radius 3 is 2.65 bits per heavy atom. The highest BCUT2D eigenvalue weighted by Gasteiger charge is 2.31. The molecule has 1 unspecified atom stereocenters. The van der Waals surface area contributed by atoms with Gasteiger partial charge in [0, 0.05) is 36.7 Å². The highest BCUT2D eigenvalue weighted by Crippen LogP contribution is 2.29. The molecular weight excluding hydrogens is 354 g/mol. The van der Waals surface area contributed by atoms with Gasteiger partial charge in [-0.25, -0.2) is 9.59 Å². The normalized spacial score (nSPS) is 18.2. The largest absolute Gasteiger partial charge is 0.476 e. The van der Waals surface area contributed by atoms with E-state index in [1.807, 2.05) is 45.9 Å². The molecule has 2 aromatic rings. The van der Waals surface area contributed by atoms with Crippen LogP contribution in [0.3, 0.4) is 0 Å². The van der Waals surface area contributed by atoms with Crippen LogP contribution in [0.25, 0.3) is 10.1 Å². The van der Waals surface area contributed by atoms with Gasteiger partial charge < -0.3 is 19.6 Å². The standard InChI is InChI=1S/C18H23N3O4S/c1-11-10-20(7-8-21(11)17(24)25-18(2,3)4)12-5-6-13-14(9-12)26-19-15(13)16(22)23/h5-6,9,11H,7-8,10H2,1-4H3,(H,22,23). The van der Waals surface area contributed by atoms with Crippen LogP contribution >= 0.6 is 11.5 Å². The van der Waals surface area contributed by atoms with E-state index in [-0.39, 0.29) is 17.8 Å². The first-order chi connectivity index (χ1) is 12.2. The fourth-order valence-corrected chi connectivity index (χ4v) is 3.86. The minimum Gasteiger partial charge on any atom is -0.476 e. The molecule has 0 bridgehead atoms. The number of carboxylic acid groups (broad SMARTS) is 1. The molecule has 1 atom stereocenters. The summed E-state index contributed by atoms with van der Waals surface area (Å²) in [7, 11) is 0. The highest BCUT2D eigenvalue weighted by atomic mass is 32.1. The van der Waals surface area contributed by atoms with Crippen molar-refractivity contribution in [2.24, 2.45) is 0 Å². The lowest BCUT2D eigenvalue weighted by atomic mass is 10.1. The van der Waals surface area contributed by atoms with E-state index in [1.165, 1.54) is 11.5 Å². The van der Waals surface area contributed by atoms with E-state index in [4.69, 9.17) is 4.74 Å². The van der Waals surface area contributed by atoms with E-state index in [2.05, 4.69) is 9.27 Å². The molecule has 1 aromatic heterocycles. The molecule has 0 spiro atoms. The summed E-state index contributed by atoms with van der Waals surface area (Å²) in [5.74, 6) is -1.01. The zero-order chi connectivity index (χ0) is 19.1. The first-order valence-corrected chi connectivity index (χ1v) is 9.30. The summed E-state index contributed by atoms with van der Waals surface area (Å²) in [6.07, 6.45) is -0.284. The van der Waals surface area contributed by atoms with Crippen LogP contribution in [-0.2, 0) is 4.74 Å². The van der Waals surface area contributed by atoms with Crippen molar-refractivity contribution in [3.63, 3.8) is 0 Å². The van der Waals surface area contributed by atoms with Crippen molar-refractivity contribution in [2.75, 3.05) is 24.5 Å². The fraction of sp³-hybridized carbons (Fsp3) is 0.500. The zero-order valence-corrected chi connectivity index (χ0v) is 16.2. The first-order valence-electron chi connectivity index (χ1n) is 8.53. The molecule has 1 saturated heterocycles. The zero-order valence-electron chi connectivity index (χ0n) is 15.4. The van der Waals surface area contributed by atoms with Gasteiger partial charge in [-0.1, -0.05) is 0 Å². The van der Waals surface area contributed by atoms with Gasteiger partial charge in [-0.05, 0) is 57.4 Å². The van der Waals surface area contributed by atoms with Crippen LogP contribution in [0.15, 0.2) is 18.2 Å². The predicted molar refractivity (Wildman–Crippen MR) is 101 cm³/mol. The van der Waals surface area contributed by atoms with Crippen LogP contribution in [0.5, 0.6) is 0 Å². The number of hydrogen-bond donors (Lipinski definition) is 1. The lowest BCUT2D eigenvalue weighted by Gasteiger charge is -2.41. The number of ether oxygens (including phenoxy) is 1. The summed E-state index contributed by atoms with van der Waals surface area (Å²) in [5.41, 5.74) is 0.598. The van der Waals surface area contributed by atoms with Crippen molar-refractivity contribution in [3.8, 4) is 0 Å². The molecule has 8 heteroatoms. The lowest BCUT2D eigenvalue weighted by Crippen LogP contribution is -2.55.